The normalized spacial score (nSPS) is 26.6. The van der Waals surface area contributed by atoms with Gasteiger partial charge in [-0.15, -0.1) is 0 Å². The summed E-state index contributed by atoms with van der Waals surface area (Å²) >= 11 is 0. The Morgan fingerprint density at radius 3 is 2.43 bits per heavy atom. The van der Waals surface area contributed by atoms with E-state index in [0.29, 0.717) is 18.8 Å². The maximum Gasteiger partial charge on any atom is 0.152 e. The third kappa shape index (κ3) is 4.39. The Bertz CT molecular complexity index is 279. The summed E-state index contributed by atoms with van der Waals surface area (Å²) in [5.41, 5.74) is 0. The van der Waals surface area contributed by atoms with Crippen molar-refractivity contribution in [2.75, 3.05) is 45.8 Å². The molecule has 1 aliphatic heterocycles. The molecule has 0 spiro atoms. The highest BCUT2D eigenvalue weighted by Gasteiger charge is 2.28. The highest BCUT2D eigenvalue weighted by atomic mass is 32.2. The second-order valence-corrected chi connectivity index (χ2v) is 7.14. The predicted molar refractivity (Wildman–Crippen MR) is 55.9 cm³/mol. The van der Waals surface area contributed by atoms with Crippen molar-refractivity contribution in [2.24, 2.45) is 0 Å². The first-order chi connectivity index (χ1) is 6.29. The van der Waals surface area contributed by atoms with E-state index in [1.165, 1.54) is 0 Å². The third-order valence-electron chi connectivity index (χ3n) is 2.31. The van der Waals surface area contributed by atoms with E-state index in [4.69, 9.17) is 4.74 Å². The Morgan fingerprint density at radius 1 is 1.36 bits per heavy atom. The summed E-state index contributed by atoms with van der Waals surface area (Å²) in [6, 6.07) is 0. The first-order valence-electron chi connectivity index (χ1n) is 4.91. The molecule has 5 heteroatoms. The molecule has 1 heterocycles. The van der Waals surface area contributed by atoms with Crippen LogP contribution in [0.25, 0.3) is 0 Å². The number of likely N-dealkylation sites (N-methyl/N-ethyl adjacent to an activating group) is 1. The minimum absolute atomic E-state index is 0.0634. The van der Waals surface area contributed by atoms with E-state index < -0.39 is 9.84 Å². The molecule has 4 nitrogen and oxygen atoms in total. The molecular weight excluding hydrogens is 202 g/mol. The zero-order valence-electron chi connectivity index (χ0n) is 9.19. The van der Waals surface area contributed by atoms with Crippen LogP contribution in [0.1, 0.15) is 6.42 Å². The van der Waals surface area contributed by atoms with E-state index in [-0.39, 0.29) is 11.9 Å². The topological polar surface area (TPSA) is 43.4 Å². The van der Waals surface area contributed by atoms with E-state index in [2.05, 4.69) is 21.1 Å². The molecule has 0 amide bonds. The van der Waals surface area contributed by atoms with Gasteiger partial charge in [-0.1, -0.05) is 0 Å². The van der Waals surface area contributed by atoms with E-state index in [0.717, 1.165) is 11.0 Å². The summed E-state index contributed by atoms with van der Waals surface area (Å²) in [4.78, 5) is 0. The summed E-state index contributed by atoms with van der Waals surface area (Å²) in [6.45, 7) is 1.56. The molecule has 0 aromatic heterocycles. The number of rotatable bonds is 4. The number of nitrogens with zero attached hydrogens (tertiary/aromatic N) is 1. The summed E-state index contributed by atoms with van der Waals surface area (Å²) in [6.07, 6.45) is 0.603. The Labute approximate surface area is 86.4 Å². The van der Waals surface area contributed by atoms with Crippen LogP contribution in [0.5, 0.6) is 0 Å². The second-order valence-electron chi connectivity index (χ2n) is 4.91. The van der Waals surface area contributed by atoms with Crippen LogP contribution in [-0.2, 0) is 14.6 Å². The van der Waals surface area contributed by atoms with E-state index in [1.807, 2.05) is 0 Å². The summed E-state index contributed by atoms with van der Waals surface area (Å²) in [7, 11) is 3.48. The third-order valence-corrected chi connectivity index (χ3v) is 4.04. The van der Waals surface area contributed by atoms with Gasteiger partial charge in [0.2, 0.25) is 0 Å². The van der Waals surface area contributed by atoms with Gasteiger partial charge in [0.05, 0.1) is 45.4 Å². The van der Waals surface area contributed by atoms with Gasteiger partial charge < -0.3 is 9.22 Å². The minimum Gasteiger partial charge on any atom is -0.371 e. The van der Waals surface area contributed by atoms with E-state index >= 15 is 0 Å². The fraction of sp³-hybridized carbons (Fsp3) is 1.00. The van der Waals surface area contributed by atoms with Gasteiger partial charge in [0.1, 0.15) is 6.54 Å². The lowest BCUT2D eigenvalue weighted by Crippen LogP contribution is -2.38. The Kier molecular flexibility index (Phi) is 3.55. The fourth-order valence-electron chi connectivity index (χ4n) is 1.39. The quantitative estimate of drug-likeness (QED) is 0.624. The lowest BCUT2D eigenvalue weighted by Gasteiger charge is -2.24. The minimum atomic E-state index is -2.79. The van der Waals surface area contributed by atoms with Crippen LogP contribution in [0.15, 0.2) is 0 Å². The van der Waals surface area contributed by atoms with E-state index in [1.54, 1.807) is 0 Å². The van der Waals surface area contributed by atoms with Crippen molar-refractivity contribution in [1.82, 2.24) is 0 Å². The zero-order chi connectivity index (χ0) is 10.8. The van der Waals surface area contributed by atoms with Gasteiger partial charge >= 0.3 is 0 Å². The maximum atomic E-state index is 11.1. The first kappa shape index (κ1) is 11.9. The number of ether oxygens (including phenoxy) is 1. The molecule has 1 fully saturated rings. The van der Waals surface area contributed by atoms with Crippen LogP contribution in [0.2, 0.25) is 0 Å². The van der Waals surface area contributed by atoms with Crippen molar-refractivity contribution in [1.29, 1.82) is 0 Å². The molecule has 1 aliphatic rings. The summed E-state index contributed by atoms with van der Waals surface area (Å²) in [5.74, 6) is 0.506. The van der Waals surface area contributed by atoms with Crippen LogP contribution < -0.4 is 0 Å². The number of hydrogen-bond acceptors (Lipinski definition) is 3. The van der Waals surface area contributed by atoms with Gasteiger partial charge in [-0.05, 0) is 6.42 Å². The molecule has 0 aromatic carbocycles. The largest absolute Gasteiger partial charge is 0.371 e. The smallest absolute Gasteiger partial charge is 0.152 e. The molecule has 0 N–H and O–H groups in total. The SMILES string of the molecule is C[N+](C)(C)CCOC1CCS(=O)(=O)C1. The molecule has 0 radical (unpaired) electrons. The van der Waals surface area contributed by atoms with Gasteiger partial charge in [0, 0.05) is 0 Å². The lowest BCUT2D eigenvalue weighted by atomic mass is 10.3. The molecule has 84 valence electrons. The van der Waals surface area contributed by atoms with Crippen LogP contribution in [0, 0.1) is 0 Å². The Balaban J connectivity index is 2.22. The molecule has 14 heavy (non-hydrogen) atoms. The second kappa shape index (κ2) is 4.16. The average molecular weight is 222 g/mol. The highest BCUT2D eigenvalue weighted by Crippen LogP contribution is 2.14. The van der Waals surface area contributed by atoms with Crippen molar-refractivity contribution >= 4 is 9.84 Å². The monoisotopic (exact) mass is 222 g/mol. The maximum absolute atomic E-state index is 11.1. The lowest BCUT2D eigenvalue weighted by molar-refractivity contribution is -0.870. The molecule has 0 aliphatic carbocycles. The number of sulfone groups is 1. The van der Waals surface area contributed by atoms with Crippen molar-refractivity contribution in [3.05, 3.63) is 0 Å². The van der Waals surface area contributed by atoms with Crippen molar-refractivity contribution in [3.63, 3.8) is 0 Å². The zero-order valence-corrected chi connectivity index (χ0v) is 10.0. The molecule has 0 aromatic rings. The molecule has 1 rings (SSSR count). The predicted octanol–water partition coefficient (Wildman–Crippen LogP) is -0.104. The summed E-state index contributed by atoms with van der Waals surface area (Å²) < 4.78 is 28.6. The van der Waals surface area contributed by atoms with Gasteiger partial charge in [0.25, 0.3) is 0 Å². The molecule has 1 unspecified atom stereocenters. The highest BCUT2D eigenvalue weighted by molar-refractivity contribution is 7.91. The molecule has 0 bridgehead atoms. The number of hydrogen-bond donors (Lipinski definition) is 0. The van der Waals surface area contributed by atoms with Gasteiger partial charge in [-0.3, -0.25) is 0 Å². The van der Waals surface area contributed by atoms with Gasteiger partial charge in [-0.25, -0.2) is 8.42 Å². The van der Waals surface area contributed by atoms with E-state index in [9.17, 15) is 8.42 Å². The molecular formula is C9H20NO3S+. The number of quaternary nitrogens is 1. The fourth-order valence-corrected chi connectivity index (χ4v) is 3.00. The van der Waals surface area contributed by atoms with Crippen molar-refractivity contribution in [3.8, 4) is 0 Å². The van der Waals surface area contributed by atoms with Crippen molar-refractivity contribution < 1.29 is 17.6 Å². The molecule has 1 atom stereocenters. The average Bonchev–Trinajstić information content (AvgIpc) is 2.27. The molecule has 1 saturated heterocycles. The van der Waals surface area contributed by atoms with Gasteiger partial charge in [-0.2, -0.15) is 0 Å². The van der Waals surface area contributed by atoms with Crippen LogP contribution in [-0.4, -0.2) is 64.8 Å². The van der Waals surface area contributed by atoms with Crippen LogP contribution >= 0.6 is 0 Å². The van der Waals surface area contributed by atoms with Crippen LogP contribution in [0.4, 0.5) is 0 Å². The summed E-state index contributed by atoms with van der Waals surface area (Å²) in [5, 5.41) is 0. The van der Waals surface area contributed by atoms with Crippen molar-refractivity contribution in [2.45, 2.75) is 12.5 Å². The van der Waals surface area contributed by atoms with Gasteiger partial charge in [0.15, 0.2) is 9.84 Å². The van der Waals surface area contributed by atoms with Crippen LogP contribution in [0.3, 0.4) is 0 Å². The first-order valence-corrected chi connectivity index (χ1v) is 6.73. The Hall–Kier alpha value is -0.130. The Morgan fingerprint density at radius 2 is 2.00 bits per heavy atom. The standard InChI is InChI=1S/C9H20NO3S/c1-10(2,3)5-6-13-9-4-7-14(11,12)8-9/h9H,4-8H2,1-3H3/q+1. The molecule has 0 saturated carbocycles.